The number of nitriles is 1. The van der Waals surface area contributed by atoms with Crippen molar-refractivity contribution in [3.05, 3.63) is 57.1 Å². The van der Waals surface area contributed by atoms with Crippen LogP contribution in [-0.2, 0) is 4.79 Å². The highest BCUT2D eigenvalue weighted by atomic mass is 35.5. The van der Waals surface area contributed by atoms with Crippen LogP contribution in [0, 0.1) is 18.3 Å². The number of phenols is 2. The minimum atomic E-state index is -0.633. The van der Waals surface area contributed by atoms with Crippen LogP contribution >= 0.6 is 23.2 Å². The number of nitrogens with zero attached hydrogens (tertiary/aromatic N) is 1. The summed E-state index contributed by atoms with van der Waals surface area (Å²) in [4.78, 5) is 12.3. The third kappa shape index (κ3) is 3.99. The van der Waals surface area contributed by atoms with Crippen LogP contribution in [0.5, 0.6) is 11.5 Å². The number of carbonyl (C=O) groups excluding carboxylic acids is 1. The Balaban J connectivity index is 2.32. The standard InChI is InChI=1S/C17H12Cl2N2O3/c1-9-2-3-12(18)7-14(9)21-17(24)11(8-20)4-10-5-13(19)16(23)15(22)6-10/h2-7,22-23H,1H3,(H,21,24)/b11-4+. The molecule has 0 aromatic heterocycles. The van der Waals surface area contributed by atoms with Crippen LogP contribution in [0.2, 0.25) is 10.0 Å². The molecule has 1 amide bonds. The SMILES string of the molecule is Cc1ccc(Cl)cc1NC(=O)/C(C#N)=C/c1cc(O)c(O)c(Cl)c1. The molecule has 2 aromatic carbocycles. The molecule has 24 heavy (non-hydrogen) atoms. The molecule has 122 valence electrons. The van der Waals surface area contributed by atoms with E-state index in [1.165, 1.54) is 18.2 Å². The Bertz CT molecular complexity index is 863. The van der Waals surface area contributed by atoms with E-state index in [1.54, 1.807) is 31.2 Å². The highest BCUT2D eigenvalue weighted by Crippen LogP contribution is 2.34. The van der Waals surface area contributed by atoms with Crippen molar-refractivity contribution in [2.45, 2.75) is 6.92 Å². The van der Waals surface area contributed by atoms with Gasteiger partial charge in [-0.15, -0.1) is 0 Å². The first kappa shape index (κ1) is 17.7. The minimum Gasteiger partial charge on any atom is -0.504 e. The summed E-state index contributed by atoms with van der Waals surface area (Å²) >= 11 is 11.7. The molecule has 0 saturated heterocycles. The van der Waals surface area contributed by atoms with Gasteiger partial charge >= 0.3 is 0 Å². The van der Waals surface area contributed by atoms with Crippen LogP contribution in [-0.4, -0.2) is 16.1 Å². The molecule has 0 unspecified atom stereocenters. The molecule has 0 spiro atoms. The van der Waals surface area contributed by atoms with Crippen molar-refractivity contribution in [3.63, 3.8) is 0 Å². The molecule has 0 saturated carbocycles. The van der Waals surface area contributed by atoms with Gasteiger partial charge in [-0.2, -0.15) is 5.26 Å². The predicted molar refractivity (Wildman–Crippen MR) is 93.2 cm³/mol. The number of benzene rings is 2. The molecular formula is C17H12Cl2N2O3. The summed E-state index contributed by atoms with van der Waals surface area (Å²) < 4.78 is 0. The van der Waals surface area contributed by atoms with E-state index in [4.69, 9.17) is 23.2 Å². The number of hydrogen-bond acceptors (Lipinski definition) is 4. The zero-order valence-electron chi connectivity index (χ0n) is 12.5. The van der Waals surface area contributed by atoms with Gasteiger partial charge in [-0.1, -0.05) is 29.3 Å². The van der Waals surface area contributed by atoms with Crippen molar-refractivity contribution in [1.29, 1.82) is 5.26 Å². The van der Waals surface area contributed by atoms with E-state index in [1.807, 2.05) is 0 Å². The fourth-order valence-electron chi connectivity index (χ4n) is 1.92. The Morgan fingerprint density at radius 2 is 1.96 bits per heavy atom. The van der Waals surface area contributed by atoms with Crippen LogP contribution in [0.15, 0.2) is 35.9 Å². The van der Waals surface area contributed by atoms with E-state index in [2.05, 4.69) is 5.32 Å². The Morgan fingerprint density at radius 3 is 2.58 bits per heavy atom. The lowest BCUT2D eigenvalue weighted by atomic mass is 10.1. The van der Waals surface area contributed by atoms with Gasteiger partial charge in [0.1, 0.15) is 11.6 Å². The van der Waals surface area contributed by atoms with E-state index in [9.17, 15) is 20.3 Å². The molecule has 7 heteroatoms. The number of amides is 1. The second kappa shape index (κ2) is 7.26. The van der Waals surface area contributed by atoms with Crippen LogP contribution in [0.4, 0.5) is 5.69 Å². The summed E-state index contributed by atoms with van der Waals surface area (Å²) in [6.45, 7) is 1.79. The maximum absolute atomic E-state index is 12.3. The van der Waals surface area contributed by atoms with E-state index in [0.29, 0.717) is 16.3 Å². The number of hydrogen-bond donors (Lipinski definition) is 3. The maximum atomic E-state index is 12.3. The molecule has 0 bridgehead atoms. The van der Waals surface area contributed by atoms with Gasteiger partial charge in [-0.25, -0.2) is 0 Å². The predicted octanol–water partition coefficient (Wildman–Crippen LogP) is 4.26. The summed E-state index contributed by atoms with van der Waals surface area (Å²) in [5, 5.41) is 31.1. The lowest BCUT2D eigenvalue weighted by molar-refractivity contribution is -0.112. The largest absolute Gasteiger partial charge is 0.504 e. The quantitative estimate of drug-likeness (QED) is 0.432. The zero-order valence-corrected chi connectivity index (χ0v) is 14.0. The third-order valence-corrected chi connectivity index (χ3v) is 3.71. The number of phenolic OH excluding ortho intramolecular Hbond substituents is 2. The number of aromatic hydroxyl groups is 2. The van der Waals surface area contributed by atoms with Crippen LogP contribution in [0.1, 0.15) is 11.1 Å². The van der Waals surface area contributed by atoms with Gasteiger partial charge in [0.25, 0.3) is 5.91 Å². The van der Waals surface area contributed by atoms with Crippen molar-refractivity contribution < 1.29 is 15.0 Å². The van der Waals surface area contributed by atoms with Crippen LogP contribution < -0.4 is 5.32 Å². The van der Waals surface area contributed by atoms with Crippen LogP contribution in [0.3, 0.4) is 0 Å². The lowest BCUT2D eigenvalue weighted by Gasteiger charge is -2.08. The van der Waals surface area contributed by atoms with Gasteiger partial charge < -0.3 is 15.5 Å². The Morgan fingerprint density at radius 1 is 1.25 bits per heavy atom. The van der Waals surface area contributed by atoms with Crippen molar-refractivity contribution >= 4 is 40.9 Å². The first-order valence-electron chi connectivity index (χ1n) is 6.72. The van der Waals surface area contributed by atoms with E-state index in [-0.39, 0.29) is 10.6 Å². The van der Waals surface area contributed by atoms with Gasteiger partial charge in [0.2, 0.25) is 0 Å². The highest BCUT2D eigenvalue weighted by molar-refractivity contribution is 6.32. The monoisotopic (exact) mass is 362 g/mol. The molecule has 2 aromatic rings. The van der Waals surface area contributed by atoms with Gasteiger partial charge in [0.05, 0.1) is 5.02 Å². The average molecular weight is 363 g/mol. The number of carbonyl (C=O) groups is 1. The smallest absolute Gasteiger partial charge is 0.266 e. The topological polar surface area (TPSA) is 93.4 Å². The second-order valence-electron chi connectivity index (χ2n) is 4.95. The average Bonchev–Trinajstić information content (AvgIpc) is 2.53. The fourth-order valence-corrected chi connectivity index (χ4v) is 2.32. The molecule has 5 nitrogen and oxygen atoms in total. The molecule has 0 aliphatic carbocycles. The first-order chi connectivity index (χ1) is 11.3. The Kier molecular flexibility index (Phi) is 5.35. The minimum absolute atomic E-state index is 0.0929. The second-order valence-corrected chi connectivity index (χ2v) is 5.80. The summed E-state index contributed by atoms with van der Waals surface area (Å²) in [7, 11) is 0. The molecule has 0 heterocycles. The Labute approximate surface area is 148 Å². The summed E-state index contributed by atoms with van der Waals surface area (Å²) in [5.41, 5.74) is 1.37. The molecule has 3 N–H and O–H groups in total. The molecule has 0 aliphatic heterocycles. The van der Waals surface area contributed by atoms with Crippen LogP contribution in [0.25, 0.3) is 6.08 Å². The highest BCUT2D eigenvalue weighted by Gasteiger charge is 2.13. The number of nitrogens with one attached hydrogen (secondary N) is 1. The number of halogens is 2. The molecule has 0 atom stereocenters. The maximum Gasteiger partial charge on any atom is 0.266 e. The van der Waals surface area contributed by atoms with Crippen molar-refractivity contribution in [2.24, 2.45) is 0 Å². The van der Waals surface area contributed by atoms with Gasteiger partial charge in [0.15, 0.2) is 11.5 Å². The molecule has 0 fully saturated rings. The van der Waals surface area contributed by atoms with E-state index < -0.39 is 17.4 Å². The lowest BCUT2D eigenvalue weighted by Crippen LogP contribution is -2.14. The summed E-state index contributed by atoms with van der Waals surface area (Å²) in [5.74, 6) is -1.55. The van der Waals surface area contributed by atoms with Crippen molar-refractivity contribution in [3.8, 4) is 17.6 Å². The van der Waals surface area contributed by atoms with Crippen molar-refractivity contribution in [1.82, 2.24) is 0 Å². The summed E-state index contributed by atoms with van der Waals surface area (Å²) in [6.07, 6.45) is 1.25. The van der Waals surface area contributed by atoms with Gasteiger partial charge in [-0.3, -0.25) is 4.79 Å². The molecule has 0 aliphatic rings. The number of anilines is 1. The number of rotatable bonds is 3. The molecule has 2 rings (SSSR count). The van der Waals surface area contributed by atoms with Crippen molar-refractivity contribution in [2.75, 3.05) is 5.32 Å². The third-order valence-electron chi connectivity index (χ3n) is 3.19. The number of aryl methyl sites for hydroxylation is 1. The van der Waals surface area contributed by atoms with Gasteiger partial charge in [0, 0.05) is 10.7 Å². The molecule has 0 radical (unpaired) electrons. The summed E-state index contributed by atoms with van der Waals surface area (Å²) in [6, 6.07) is 9.31. The zero-order chi connectivity index (χ0) is 17.9. The molecular weight excluding hydrogens is 351 g/mol. The fraction of sp³-hybridized carbons (Fsp3) is 0.0588. The van der Waals surface area contributed by atoms with E-state index in [0.717, 1.165) is 5.56 Å². The van der Waals surface area contributed by atoms with E-state index >= 15 is 0 Å². The normalized spacial score (nSPS) is 11.0. The first-order valence-corrected chi connectivity index (χ1v) is 7.48. The Hall–Kier alpha value is -2.68. The van der Waals surface area contributed by atoms with Gasteiger partial charge in [-0.05, 0) is 48.4 Å².